The smallest absolute Gasteiger partial charge is 0.117 e. The average molecular weight is 235 g/mol. The fourth-order valence-electron chi connectivity index (χ4n) is 3.06. The van der Waals surface area contributed by atoms with Crippen molar-refractivity contribution in [3.05, 3.63) is 23.7 Å². The quantitative estimate of drug-likeness (QED) is 0.859. The molecular formula is C15H25NO. The summed E-state index contributed by atoms with van der Waals surface area (Å²) in [5, 5.41) is 3.64. The fourth-order valence-corrected chi connectivity index (χ4v) is 3.06. The van der Waals surface area contributed by atoms with E-state index in [2.05, 4.69) is 32.2 Å². The van der Waals surface area contributed by atoms with Crippen molar-refractivity contribution in [3.63, 3.8) is 0 Å². The second-order valence-electron chi connectivity index (χ2n) is 6.38. The third kappa shape index (κ3) is 3.35. The first-order valence-corrected chi connectivity index (χ1v) is 6.75. The molecular weight excluding hydrogens is 210 g/mol. The van der Waals surface area contributed by atoms with Gasteiger partial charge in [-0.1, -0.05) is 20.8 Å². The monoisotopic (exact) mass is 235 g/mol. The summed E-state index contributed by atoms with van der Waals surface area (Å²) in [6.45, 7) is 10.00. The summed E-state index contributed by atoms with van der Waals surface area (Å²) >= 11 is 0. The van der Waals surface area contributed by atoms with E-state index in [0.29, 0.717) is 11.5 Å². The van der Waals surface area contributed by atoms with Gasteiger partial charge < -0.3 is 9.73 Å². The zero-order valence-electron chi connectivity index (χ0n) is 11.5. The van der Waals surface area contributed by atoms with E-state index in [1.807, 2.05) is 13.0 Å². The van der Waals surface area contributed by atoms with Crippen LogP contribution in [0, 0.1) is 18.3 Å². The van der Waals surface area contributed by atoms with Crippen molar-refractivity contribution in [2.75, 3.05) is 0 Å². The van der Waals surface area contributed by atoms with Gasteiger partial charge in [0.05, 0.1) is 6.54 Å². The Morgan fingerprint density at radius 2 is 2.18 bits per heavy atom. The predicted octanol–water partition coefficient (Wildman–Crippen LogP) is 3.89. The predicted molar refractivity (Wildman–Crippen MR) is 70.9 cm³/mol. The molecule has 0 saturated heterocycles. The van der Waals surface area contributed by atoms with Crippen LogP contribution in [0.1, 0.15) is 51.6 Å². The van der Waals surface area contributed by atoms with Crippen molar-refractivity contribution in [2.45, 2.75) is 59.5 Å². The van der Waals surface area contributed by atoms with Gasteiger partial charge in [0, 0.05) is 6.04 Å². The zero-order valence-corrected chi connectivity index (χ0v) is 11.5. The Bertz CT molecular complexity index is 367. The van der Waals surface area contributed by atoms with Crippen LogP contribution in [0.2, 0.25) is 0 Å². The van der Waals surface area contributed by atoms with E-state index in [1.54, 1.807) is 0 Å². The summed E-state index contributed by atoms with van der Waals surface area (Å²) in [7, 11) is 0. The minimum absolute atomic E-state index is 0.527. The summed E-state index contributed by atoms with van der Waals surface area (Å²) in [6, 6.07) is 4.75. The first-order chi connectivity index (χ1) is 7.96. The van der Waals surface area contributed by atoms with Crippen molar-refractivity contribution in [2.24, 2.45) is 11.3 Å². The van der Waals surface area contributed by atoms with E-state index < -0.39 is 0 Å². The maximum Gasteiger partial charge on any atom is 0.117 e. The fraction of sp³-hybridized carbons (Fsp3) is 0.733. The van der Waals surface area contributed by atoms with Gasteiger partial charge in [0.1, 0.15) is 11.5 Å². The van der Waals surface area contributed by atoms with Crippen LogP contribution in [0.4, 0.5) is 0 Å². The molecule has 0 aromatic carbocycles. The molecule has 0 bridgehead atoms. The topological polar surface area (TPSA) is 25.2 Å². The Labute approximate surface area is 105 Å². The molecule has 96 valence electrons. The van der Waals surface area contributed by atoms with Gasteiger partial charge in [0.15, 0.2) is 0 Å². The lowest BCUT2D eigenvalue weighted by atomic mass is 9.70. The largest absolute Gasteiger partial charge is 0.465 e. The van der Waals surface area contributed by atoms with Crippen LogP contribution in [0.25, 0.3) is 0 Å². The highest BCUT2D eigenvalue weighted by Gasteiger charge is 2.31. The summed E-state index contributed by atoms with van der Waals surface area (Å²) in [5.74, 6) is 2.81. The highest BCUT2D eigenvalue weighted by molar-refractivity contribution is 5.05. The van der Waals surface area contributed by atoms with Gasteiger partial charge in [-0.3, -0.25) is 0 Å². The highest BCUT2D eigenvalue weighted by Crippen LogP contribution is 2.38. The third-order valence-electron chi connectivity index (χ3n) is 4.03. The molecule has 1 heterocycles. The van der Waals surface area contributed by atoms with Crippen LogP contribution in [-0.4, -0.2) is 6.04 Å². The second-order valence-corrected chi connectivity index (χ2v) is 6.38. The molecule has 2 unspecified atom stereocenters. The molecule has 1 fully saturated rings. The van der Waals surface area contributed by atoms with E-state index in [0.717, 1.165) is 24.0 Å². The summed E-state index contributed by atoms with van der Waals surface area (Å²) in [5.41, 5.74) is 0.527. The van der Waals surface area contributed by atoms with Gasteiger partial charge in [-0.05, 0) is 49.7 Å². The Balaban J connectivity index is 1.84. The molecule has 0 spiro atoms. The summed E-state index contributed by atoms with van der Waals surface area (Å²) in [6.07, 6.45) is 3.93. The number of hydrogen-bond acceptors (Lipinski definition) is 2. The van der Waals surface area contributed by atoms with Crippen LogP contribution in [-0.2, 0) is 6.54 Å². The van der Waals surface area contributed by atoms with Gasteiger partial charge in [-0.25, -0.2) is 0 Å². The lowest BCUT2D eigenvalue weighted by Gasteiger charge is -2.39. The Kier molecular flexibility index (Phi) is 3.62. The van der Waals surface area contributed by atoms with Gasteiger partial charge in [-0.2, -0.15) is 0 Å². The maximum atomic E-state index is 5.59. The molecule has 1 aromatic heterocycles. The molecule has 17 heavy (non-hydrogen) atoms. The Hall–Kier alpha value is -0.760. The van der Waals surface area contributed by atoms with Gasteiger partial charge in [-0.15, -0.1) is 0 Å². The molecule has 1 N–H and O–H groups in total. The van der Waals surface area contributed by atoms with Crippen LogP contribution >= 0.6 is 0 Å². The maximum absolute atomic E-state index is 5.59. The molecule has 1 saturated carbocycles. The van der Waals surface area contributed by atoms with Crippen LogP contribution in [0.3, 0.4) is 0 Å². The Morgan fingerprint density at radius 3 is 2.76 bits per heavy atom. The highest BCUT2D eigenvalue weighted by atomic mass is 16.3. The first kappa shape index (κ1) is 12.7. The van der Waals surface area contributed by atoms with Gasteiger partial charge >= 0.3 is 0 Å². The molecule has 2 rings (SSSR count). The van der Waals surface area contributed by atoms with Crippen molar-refractivity contribution in [1.82, 2.24) is 5.32 Å². The SMILES string of the molecule is Cc1ccc(CNC2CCC(C)(C)CC2C)o1. The zero-order chi connectivity index (χ0) is 12.5. The van der Waals surface area contributed by atoms with E-state index >= 15 is 0 Å². The lowest BCUT2D eigenvalue weighted by molar-refractivity contribution is 0.147. The molecule has 0 radical (unpaired) electrons. The molecule has 0 amide bonds. The summed E-state index contributed by atoms with van der Waals surface area (Å²) < 4.78 is 5.59. The standard InChI is InChI=1S/C15H25NO/c1-11-9-15(3,4)8-7-14(11)16-10-13-6-5-12(2)17-13/h5-6,11,14,16H,7-10H2,1-4H3. The molecule has 2 heteroatoms. The average Bonchev–Trinajstić information content (AvgIpc) is 2.62. The van der Waals surface area contributed by atoms with E-state index in [9.17, 15) is 0 Å². The van der Waals surface area contributed by atoms with E-state index in [1.165, 1.54) is 19.3 Å². The van der Waals surface area contributed by atoms with E-state index in [4.69, 9.17) is 4.42 Å². The molecule has 1 aromatic rings. The Morgan fingerprint density at radius 1 is 1.41 bits per heavy atom. The van der Waals surface area contributed by atoms with Crippen molar-refractivity contribution in [3.8, 4) is 0 Å². The van der Waals surface area contributed by atoms with Crippen molar-refractivity contribution < 1.29 is 4.42 Å². The van der Waals surface area contributed by atoms with Crippen molar-refractivity contribution in [1.29, 1.82) is 0 Å². The van der Waals surface area contributed by atoms with Crippen LogP contribution in [0.5, 0.6) is 0 Å². The molecule has 1 aliphatic rings. The van der Waals surface area contributed by atoms with Crippen molar-refractivity contribution >= 4 is 0 Å². The third-order valence-corrected chi connectivity index (χ3v) is 4.03. The lowest BCUT2D eigenvalue weighted by Crippen LogP contribution is -2.41. The number of aryl methyl sites for hydroxylation is 1. The minimum atomic E-state index is 0.527. The number of nitrogens with one attached hydrogen (secondary N) is 1. The van der Waals surface area contributed by atoms with Gasteiger partial charge in [0.25, 0.3) is 0 Å². The summed E-state index contributed by atoms with van der Waals surface area (Å²) in [4.78, 5) is 0. The molecule has 0 aliphatic heterocycles. The first-order valence-electron chi connectivity index (χ1n) is 6.75. The number of hydrogen-bond donors (Lipinski definition) is 1. The molecule has 1 aliphatic carbocycles. The van der Waals surface area contributed by atoms with Crippen LogP contribution in [0.15, 0.2) is 16.5 Å². The molecule has 2 nitrogen and oxygen atoms in total. The van der Waals surface area contributed by atoms with E-state index in [-0.39, 0.29) is 0 Å². The number of furan rings is 1. The number of rotatable bonds is 3. The minimum Gasteiger partial charge on any atom is -0.465 e. The van der Waals surface area contributed by atoms with Crippen LogP contribution < -0.4 is 5.32 Å². The van der Waals surface area contributed by atoms with Gasteiger partial charge in [0.2, 0.25) is 0 Å². The second kappa shape index (κ2) is 4.85. The normalized spacial score (nSPS) is 28.2. The molecule has 2 atom stereocenters.